The molecule has 1 aromatic rings. The van der Waals surface area contributed by atoms with E-state index in [9.17, 15) is 10.1 Å². The second-order valence-corrected chi connectivity index (χ2v) is 3.50. The van der Waals surface area contributed by atoms with Gasteiger partial charge in [-0.05, 0) is 13.0 Å². The van der Waals surface area contributed by atoms with Crippen molar-refractivity contribution < 1.29 is 9.66 Å². The van der Waals surface area contributed by atoms with Crippen LogP contribution in [0.2, 0.25) is 0 Å². The van der Waals surface area contributed by atoms with Gasteiger partial charge in [-0.2, -0.15) is 0 Å². The van der Waals surface area contributed by atoms with E-state index in [1.54, 1.807) is 13.2 Å². The van der Waals surface area contributed by atoms with E-state index in [0.29, 0.717) is 17.9 Å². The number of rotatable bonds is 5. The Bertz CT molecular complexity index is 382. The predicted molar refractivity (Wildman–Crippen MR) is 62.5 cm³/mol. The van der Waals surface area contributed by atoms with E-state index in [4.69, 9.17) is 10.5 Å². The van der Waals surface area contributed by atoms with Crippen molar-refractivity contribution in [3.05, 3.63) is 28.3 Å². The van der Waals surface area contributed by atoms with E-state index in [-0.39, 0.29) is 11.8 Å². The minimum atomic E-state index is -0.471. The first-order chi connectivity index (χ1) is 7.52. The number of nitrogens with one attached hydrogen (secondary N) is 1. The molecular formula is C10H15N3O3. The van der Waals surface area contributed by atoms with Crippen molar-refractivity contribution >= 4 is 17.1 Å². The van der Waals surface area contributed by atoms with Crippen LogP contribution in [-0.2, 0) is 4.74 Å². The summed E-state index contributed by atoms with van der Waals surface area (Å²) in [7, 11) is 1.61. The van der Waals surface area contributed by atoms with Gasteiger partial charge in [-0.3, -0.25) is 10.1 Å². The highest BCUT2D eigenvalue weighted by Crippen LogP contribution is 2.22. The molecule has 3 N–H and O–H groups in total. The Morgan fingerprint density at radius 3 is 2.81 bits per heavy atom. The summed E-state index contributed by atoms with van der Waals surface area (Å²) < 4.78 is 5.05. The third-order valence-electron chi connectivity index (χ3n) is 2.15. The third kappa shape index (κ3) is 3.39. The van der Waals surface area contributed by atoms with Gasteiger partial charge in [0.1, 0.15) is 0 Å². The van der Waals surface area contributed by atoms with Crippen LogP contribution in [0.3, 0.4) is 0 Å². The Balaban J connectivity index is 2.76. The Morgan fingerprint density at radius 2 is 2.25 bits per heavy atom. The molecule has 1 rings (SSSR count). The molecule has 0 aliphatic carbocycles. The second-order valence-electron chi connectivity index (χ2n) is 3.50. The number of benzene rings is 1. The number of nitro benzene ring substituents is 1. The van der Waals surface area contributed by atoms with E-state index in [2.05, 4.69) is 5.32 Å². The largest absolute Gasteiger partial charge is 0.398 e. The van der Waals surface area contributed by atoms with Crippen LogP contribution in [-0.4, -0.2) is 24.7 Å². The van der Waals surface area contributed by atoms with Crippen LogP contribution in [0.15, 0.2) is 18.2 Å². The molecule has 16 heavy (non-hydrogen) atoms. The summed E-state index contributed by atoms with van der Waals surface area (Å²) >= 11 is 0. The third-order valence-corrected chi connectivity index (χ3v) is 2.15. The van der Waals surface area contributed by atoms with E-state index in [0.717, 1.165) is 0 Å². The number of hydrogen-bond donors (Lipinski definition) is 2. The lowest BCUT2D eigenvalue weighted by Crippen LogP contribution is -2.18. The van der Waals surface area contributed by atoms with Crippen LogP contribution in [0, 0.1) is 10.1 Å². The zero-order valence-corrected chi connectivity index (χ0v) is 9.27. The summed E-state index contributed by atoms with van der Waals surface area (Å²) in [5, 5.41) is 13.6. The maximum Gasteiger partial charge on any atom is 0.273 e. The molecule has 0 bridgehead atoms. The predicted octanol–water partition coefficient (Wildman–Crippen LogP) is 1.62. The molecule has 6 heteroatoms. The van der Waals surface area contributed by atoms with Crippen molar-refractivity contribution in [2.45, 2.75) is 13.0 Å². The lowest BCUT2D eigenvalue weighted by Gasteiger charge is -2.12. The van der Waals surface area contributed by atoms with Crippen LogP contribution >= 0.6 is 0 Å². The molecule has 0 radical (unpaired) electrons. The molecule has 1 unspecified atom stereocenters. The van der Waals surface area contributed by atoms with Gasteiger partial charge in [0.05, 0.1) is 11.0 Å². The molecule has 0 fully saturated rings. The van der Waals surface area contributed by atoms with Gasteiger partial charge in [0.25, 0.3) is 5.69 Å². The summed E-state index contributed by atoms with van der Waals surface area (Å²) in [6.45, 7) is 2.46. The highest BCUT2D eigenvalue weighted by molar-refractivity contribution is 5.61. The van der Waals surface area contributed by atoms with E-state index in [1.807, 2.05) is 6.92 Å². The van der Waals surface area contributed by atoms with Gasteiger partial charge in [-0.1, -0.05) is 0 Å². The van der Waals surface area contributed by atoms with Crippen LogP contribution in [0.5, 0.6) is 0 Å². The van der Waals surface area contributed by atoms with Crippen molar-refractivity contribution in [2.75, 3.05) is 24.7 Å². The number of methoxy groups -OCH3 is 1. The van der Waals surface area contributed by atoms with E-state index in [1.165, 1.54) is 12.1 Å². The summed E-state index contributed by atoms with van der Waals surface area (Å²) in [5.74, 6) is 0. The Hall–Kier alpha value is -1.82. The van der Waals surface area contributed by atoms with Crippen LogP contribution in [0.25, 0.3) is 0 Å². The maximum atomic E-state index is 10.6. The van der Waals surface area contributed by atoms with Crippen molar-refractivity contribution in [1.29, 1.82) is 0 Å². The molecule has 1 atom stereocenters. The lowest BCUT2D eigenvalue weighted by atomic mass is 10.2. The van der Waals surface area contributed by atoms with Gasteiger partial charge in [0.15, 0.2) is 0 Å². The summed E-state index contributed by atoms with van der Waals surface area (Å²) in [4.78, 5) is 10.1. The average Bonchev–Trinajstić information content (AvgIpc) is 2.25. The molecule has 0 aromatic heterocycles. The van der Waals surface area contributed by atoms with Crippen LogP contribution in [0.1, 0.15) is 6.92 Å². The lowest BCUT2D eigenvalue weighted by molar-refractivity contribution is -0.384. The second kappa shape index (κ2) is 5.32. The van der Waals surface area contributed by atoms with Crippen molar-refractivity contribution in [1.82, 2.24) is 0 Å². The highest BCUT2D eigenvalue weighted by atomic mass is 16.6. The van der Waals surface area contributed by atoms with Gasteiger partial charge in [-0.25, -0.2) is 0 Å². The van der Waals surface area contributed by atoms with Crippen LogP contribution < -0.4 is 11.1 Å². The number of non-ortho nitro benzene ring substituents is 1. The van der Waals surface area contributed by atoms with Crippen molar-refractivity contribution in [3.8, 4) is 0 Å². The molecule has 0 aliphatic rings. The van der Waals surface area contributed by atoms with Crippen molar-refractivity contribution in [2.24, 2.45) is 0 Å². The van der Waals surface area contributed by atoms with Gasteiger partial charge >= 0.3 is 0 Å². The van der Waals surface area contributed by atoms with Crippen LogP contribution in [0.4, 0.5) is 17.1 Å². The number of hydrogen-bond acceptors (Lipinski definition) is 5. The number of nitrogens with two attached hydrogens (primary N) is 1. The molecule has 0 amide bonds. The fourth-order valence-electron chi connectivity index (χ4n) is 1.19. The summed E-state index contributed by atoms with van der Waals surface area (Å²) in [5.41, 5.74) is 6.52. The molecule has 1 aromatic carbocycles. The number of anilines is 2. The Kier molecular flexibility index (Phi) is 4.07. The highest BCUT2D eigenvalue weighted by Gasteiger charge is 2.08. The van der Waals surface area contributed by atoms with Gasteiger partial charge < -0.3 is 15.8 Å². The van der Waals surface area contributed by atoms with Crippen molar-refractivity contribution in [3.63, 3.8) is 0 Å². The Morgan fingerprint density at radius 1 is 1.56 bits per heavy atom. The normalized spacial score (nSPS) is 12.1. The molecule has 0 heterocycles. The molecule has 0 saturated carbocycles. The number of nitrogens with zero attached hydrogens (tertiary/aromatic N) is 1. The minimum absolute atomic E-state index is 0.0208. The molecule has 0 saturated heterocycles. The zero-order valence-electron chi connectivity index (χ0n) is 9.27. The number of nitrogen functional groups attached to an aromatic ring is 1. The fraction of sp³-hybridized carbons (Fsp3) is 0.400. The molecule has 0 aliphatic heterocycles. The topological polar surface area (TPSA) is 90.4 Å². The number of nitro groups is 1. The van der Waals surface area contributed by atoms with Gasteiger partial charge in [0, 0.05) is 37.2 Å². The average molecular weight is 225 g/mol. The first-order valence-corrected chi connectivity index (χ1v) is 4.84. The first-order valence-electron chi connectivity index (χ1n) is 4.84. The van der Waals surface area contributed by atoms with Gasteiger partial charge in [0.2, 0.25) is 0 Å². The standard InChI is InChI=1S/C10H15N3O3/c1-7(16-2)6-12-9-3-8(11)4-10(5-9)13(14)15/h3-5,7,12H,6,11H2,1-2H3. The van der Waals surface area contributed by atoms with E-state index >= 15 is 0 Å². The maximum absolute atomic E-state index is 10.6. The molecule has 88 valence electrons. The smallest absolute Gasteiger partial charge is 0.273 e. The minimum Gasteiger partial charge on any atom is -0.398 e. The summed E-state index contributed by atoms with van der Waals surface area (Å²) in [6, 6.07) is 4.42. The quantitative estimate of drug-likeness (QED) is 0.451. The van der Waals surface area contributed by atoms with E-state index < -0.39 is 4.92 Å². The molecular weight excluding hydrogens is 210 g/mol. The molecule has 6 nitrogen and oxygen atoms in total. The molecule has 0 spiro atoms. The Labute approximate surface area is 93.5 Å². The summed E-state index contributed by atoms with van der Waals surface area (Å²) in [6.07, 6.45) is 0.0282. The zero-order chi connectivity index (χ0) is 12.1. The number of ether oxygens (including phenoxy) is 1. The first kappa shape index (κ1) is 12.3. The fourth-order valence-corrected chi connectivity index (χ4v) is 1.19. The SMILES string of the molecule is COC(C)CNc1cc(N)cc([N+](=O)[O-])c1. The monoisotopic (exact) mass is 225 g/mol. The van der Waals surface area contributed by atoms with Gasteiger partial charge in [-0.15, -0.1) is 0 Å².